The Morgan fingerprint density at radius 3 is 2.42 bits per heavy atom. The van der Waals surface area contributed by atoms with Gasteiger partial charge in [-0.05, 0) is 51.0 Å². The van der Waals surface area contributed by atoms with Gasteiger partial charge >= 0.3 is 0 Å². The number of hydrogen-bond donors (Lipinski definition) is 1. The predicted octanol–water partition coefficient (Wildman–Crippen LogP) is 2.93. The summed E-state index contributed by atoms with van der Waals surface area (Å²) in [6.07, 6.45) is 3.24. The second-order valence-electron chi connectivity index (χ2n) is 5.20. The van der Waals surface area contributed by atoms with Crippen LogP contribution in [0.4, 0.5) is 8.78 Å². The van der Waals surface area contributed by atoms with Crippen LogP contribution in [0.3, 0.4) is 0 Å². The van der Waals surface area contributed by atoms with Crippen LogP contribution in [0.15, 0.2) is 18.2 Å². The quantitative estimate of drug-likeness (QED) is 0.883. The molecule has 0 amide bonds. The Morgan fingerprint density at radius 2 is 1.84 bits per heavy atom. The van der Waals surface area contributed by atoms with Gasteiger partial charge in [0, 0.05) is 18.2 Å². The monoisotopic (exact) mass is 268 g/mol. The van der Waals surface area contributed by atoms with Crippen LogP contribution in [-0.2, 0) is 6.54 Å². The van der Waals surface area contributed by atoms with E-state index in [0.29, 0.717) is 12.6 Å². The van der Waals surface area contributed by atoms with E-state index < -0.39 is 11.6 Å². The summed E-state index contributed by atoms with van der Waals surface area (Å²) in [7, 11) is 0. The Labute approximate surface area is 113 Å². The molecule has 1 aliphatic rings. The molecule has 0 aromatic heterocycles. The molecule has 0 atom stereocenters. The van der Waals surface area contributed by atoms with E-state index >= 15 is 0 Å². The van der Waals surface area contributed by atoms with Crippen molar-refractivity contribution in [1.82, 2.24) is 10.2 Å². The molecule has 106 valence electrons. The van der Waals surface area contributed by atoms with E-state index in [1.807, 2.05) is 0 Å². The average molecular weight is 268 g/mol. The summed E-state index contributed by atoms with van der Waals surface area (Å²) in [6.45, 7) is 5.37. The first kappa shape index (κ1) is 14.4. The maximum absolute atomic E-state index is 13.6. The molecule has 1 aliphatic heterocycles. The highest BCUT2D eigenvalue weighted by molar-refractivity contribution is 5.19. The predicted molar refractivity (Wildman–Crippen MR) is 73.0 cm³/mol. The number of nitrogens with one attached hydrogen (secondary N) is 1. The number of benzene rings is 1. The van der Waals surface area contributed by atoms with Gasteiger partial charge in [-0.3, -0.25) is 4.90 Å². The van der Waals surface area contributed by atoms with E-state index in [-0.39, 0.29) is 5.56 Å². The Kier molecular flexibility index (Phi) is 5.28. The third-order valence-corrected chi connectivity index (χ3v) is 3.71. The van der Waals surface area contributed by atoms with Gasteiger partial charge in [0.2, 0.25) is 0 Å². The van der Waals surface area contributed by atoms with Gasteiger partial charge in [-0.25, -0.2) is 8.78 Å². The van der Waals surface area contributed by atoms with Crippen molar-refractivity contribution in [3.63, 3.8) is 0 Å². The molecule has 1 aromatic rings. The molecule has 1 fully saturated rings. The van der Waals surface area contributed by atoms with Crippen molar-refractivity contribution in [3.8, 4) is 0 Å². The minimum atomic E-state index is -0.439. The lowest BCUT2D eigenvalue weighted by Gasteiger charge is -2.32. The van der Waals surface area contributed by atoms with Gasteiger partial charge in [-0.1, -0.05) is 13.0 Å². The van der Waals surface area contributed by atoms with E-state index in [9.17, 15) is 8.78 Å². The van der Waals surface area contributed by atoms with Crippen LogP contribution in [0.25, 0.3) is 0 Å². The van der Waals surface area contributed by atoms with Crippen molar-refractivity contribution in [2.75, 3.05) is 19.6 Å². The second-order valence-corrected chi connectivity index (χ2v) is 5.20. The molecule has 19 heavy (non-hydrogen) atoms. The van der Waals surface area contributed by atoms with Crippen molar-refractivity contribution >= 4 is 0 Å². The summed E-state index contributed by atoms with van der Waals surface area (Å²) in [5.74, 6) is -0.877. The molecule has 1 N–H and O–H groups in total. The maximum atomic E-state index is 13.6. The van der Waals surface area contributed by atoms with Crippen LogP contribution >= 0.6 is 0 Å². The number of likely N-dealkylation sites (tertiary alicyclic amines) is 1. The fourth-order valence-corrected chi connectivity index (χ4v) is 2.55. The lowest BCUT2D eigenvalue weighted by Crippen LogP contribution is -2.42. The number of halogens is 2. The normalized spacial score (nSPS) is 17.8. The van der Waals surface area contributed by atoms with Crippen LogP contribution in [-0.4, -0.2) is 30.6 Å². The van der Waals surface area contributed by atoms with Gasteiger partial charge in [0.1, 0.15) is 11.6 Å². The Morgan fingerprint density at radius 1 is 1.21 bits per heavy atom. The molecule has 0 saturated carbocycles. The van der Waals surface area contributed by atoms with E-state index in [0.717, 1.165) is 38.9 Å². The molecule has 0 bridgehead atoms. The number of hydrogen-bond acceptors (Lipinski definition) is 2. The summed E-state index contributed by atoms with van der Waals surface area (Å²) in [5, 5.41) is 3.50. The molecule has 4 heteroatoms. The van der Waals surface area contributed by atoms with Crippen molar-refractivity contribution in [2.45, 2.75) is 38.8 Å². The molecule has 0 radical (unpaired) electrons. The molecular formula is C15H22F2N2. The SMILES string of the molecule is CCCNC1CCN(Cc2c(F)cccc2F)CC1. The van der Waals surface area contributed by atoms with Gasteiger partial charge in [0.05, 0.1) is 0 Å². The average Bonchev–Trinajstić information content (AvgIpc) is 2.42. The first-order valence-electron chi connectivity index (χ1n) is 7.09. The molecule has 0 aliphatic carbocycles. The fourth-order valence-electron chi connectivity index (χ4n) is 2.55. The third-order valence-electron chi connectivity index (χ3n) is 3.71. The van der Waals surface area contributed by atoms with Gasteiger partial charge in [0.25, 0.3) is 0 Å². The molecular weight excluding hydrogens is 246 g/mol. The molecule has 0 spiro atoms. The van der Waals surface area contributed by atoms with Gasteiger partial charge in [-0.15, -0.1) is 0 Å². The first-order chi connectivity index (χ1) is 9.20. The van der Waals surface area contributed by atoms with Crippen LogP contribution < -0.4 is 5.32 Å². The lowest BCUT2D eigenvalue weighted by atomic mass is 10.0. The summed E-state index contributed by atoms with van der Waals surface area (Å²) < 4.78 is 27.1. The van der Waals surface area contributed by atoms with Crippen molar-refractivity contribution in [2.24, 2.45) is 0 Å². The smallest absolute Gasteiger partial charge is 0.130 e. The number of rotatable bonds is 5. The highest BCUT2D eigenvalue weighted by Gasteiger charge is 2.20. The number of nitrogens with zero attached hydrogens (tertiary/aromatic N) is 1. The van der Waals surface area contributed by atoms with Crippen molar-refractivity contribution < 1.29 is 8.78 Å². The Hall–Kier alpha value is -1.00. The molecule has 1 saturated heterocycles. The van der Waals surface area contributed by atoms with Gasteiger partial charge < -0.3 is 5.32 Å². The fraction of sp³-hybridized carbons (Fsp3) is 0.600. The van der Waals surface area contributed by atoms with Crippen LogP contribution in [0.1, 0.15) is 31.7 Å². The van der Waals surface area contributed by atoms with E-state index in [2.05, 4.69) is 17.1 Å². The lowest BCUT2D eigenvalue weighted by molar-refractivity contribution is 0.187. The topological polar surface area (TPSA) is 15.3 Å². The summed E-state index contributed by atoms with van der Waals surface area (Å²) >= 11 is 0. The largest absolute Gasteiger partial charge is 0.314 e. The van der Waals surface area contributed by atoms with Crippen molar-refractivity contribution in [3.05, 3.63) is 35.4 Å². The molecule has 1 heterocycles. The molecule has 1 aromatic carbocycles. The minimum absolute atomic E-state index is 0.197. The highest BCUT2D eigenvalue weighted by Crippen LogP contribution is 2.18. The molecule has 2 rings (SSSR count). The standard InChI is InChI=1S/C15H22F2N2/c1-2-8-18-12-6-9-19(10-7-12)11-13-14(16)4-3-5-15(13)17/h3-5,12,18H,2,6-11H2,1H3. The van der Waals surface area contributed by atoms with E-state index in [1.165, 1.54) is 18.2 Å². The van der Waals surface area contributed by atoms with Gasteiger partial charge in [0.15, 0.2) is 0 Å². The second kappa shape index (κ2) is 6.96. The van der Waals surface area contributed by atoms with Gasteiger partial charge in [-0.2, -0.15) is 0 Å². The minimum Gasteiger partial charge on any atom is -0.314 e. The van der Waals surface area contributed by atoms with Crippen LogP contribution in [0, 0.1) is 11.6 Å². The third kappa shape index (κ3) is 3.98. The summed E-state index contributed by atoms with van der Waals surface area (Å²) in [6, 6.07) is 4.62. The van der Waals surface area contributed by atoms with Crippen LogP contribution in [0.5, 0.6) is 0 Å². The highest BCUT2D eigenvalue weighted by atomic mass is 19.1. The summed E-state index contributed by atoms with van der Waals surface area (Å²) in [5.41, 5.74) is 0.197. The first-order valence-corrected chi connectivity index (χ1v) is 7.09. The van der Waals surface area contributed by atoms with E-state index in [4.69, 9.17) is 0 Å². The summed E-state index contributed by atoms with van der Waals surface area (Å²) in [4.78, 5) is 2.13. The van der Waals surface area contributed by atoms with Crippen molar-refractivity contribution in [1.29, 1.82) is 0 Å². The maximum Gasteiger partial charge on any atom is 0.130 e. The molecule has 0 unspecified atom stereocenters. The number of piperidine rings is 1. The zero-order valence-electron chi connectivity index (χ0n) is 11.5. The Balaban J connectivity index is 1.85. The van der Waals surface area contributed by atoms with Crippen LogP contribution in [0.2, 0.25) is 0 Å². The Bertz CT molecular complexity index is 381. The molecule has 2 nitrogen and oxygen atoms in total. The zero-order chi connectivity index (χ0) is 13.7. The zero-order valence-corrected chi connectivity index (χ0v) is 11.5. The van der Waals surface area contributed by atoms with E-state index in [1.54, 1.807) is 0 Å².